The topological polar surface area (TPSA) is 52.6 Å². The van der Waals surface area contributed by atoms with Gasteiger partial charge in [0.2, 0.25) is 5.78 Å². The smallest absolute Gasteiger partial charge is 0.459 e. The van der Waals surface area contributed by atoms with Crippen LogP contribution in [0.15, 0.2) is 24.3 Å². The molecule has 0 spiro atoms. The minimum atomic E-state index is -6.60. The molecule has 2 atom stereocenters. The maximum Gasteiger partial charge on any atom is 0.459 e. The van der Waals surface area contributed by atoms with Crippen LogP contribution in [-0.2, 0) is 9.53 Å². The molecule has 150 valence electrons. The first-order valence-electron chi connectivity index (χ1n) is 7.42. The number of hydrogen-bond acceptors (Lipinski definition) is 4. The first-order valence-corrected chi connectivity index (χ1v) is 7.42. The lowest BCUT2D eigenvalue weighted by molar-refractivity contribution is -0.369. The third kappa shape index (κ3) is 3.12. The van der Waals surface area contributed by atoms with Crippen molar-refractivity contribution in [2.45, 2.75) is 37.0 Å². The second-order valence-electron chi connectivity index (χ2n) is 6.06. The van der Waals surface area contributed by atoms with E-state index >= 15 is 0 Å². The van der Waals surface area contributed by atoms with Crippen molar-refractivity contribution < 1.29 is 49.8 Å². The number of hydrogen-bond donors (Lipinski definition) is 0. The van der Waals surface area contributed by atoms with Crippen molar-refractivity contribution in [3.8, 4) is 5.75 Å². The zero-order chi connectivity index (χ0) is 20.8. The van der Waals surface area contributed by atoms with Gasteiger partial charge in [-0.2, -0.15) is 30.7 Å². The fourth-order valence-electron chi connectivity index (χ4n) is 2.90. The van der Waals surface area contributed by atoms with Crippen molar-refractivity contribution in [1.29, 1.82) is 0 Å². The number of para-hydroxylation sites is 1. The molecular formula is C16H13F7O4. The summed E-state index contributed by atoms with van der Waals surface area (Å²) in [7, 11) is 1.12. The molecule has 1 aliphatic rings. The molecule has 0 aliphatic carbocycles. The number of benzene rings is 1. The molecule has 1 fully saturated rings. The van der Waals surface area contributed by atoms with E-state index in [1.807, 2.05) is 0 Å². The van der Waals surface area contributed by atoms with E-state index in [-0.39, 0.29) is 5.75 Å². The molecule has 1 heterocycles. The van der Waals surface area contributed by atoms with E-state index in [1.54, 1.807) is 0 Å². The van der Waals surface area contributed by atoms with Crippen LogP contribution < -0.4 is 4.74 Å². The molecule has 0 saturated carbocycles. The summed E-state index contributed by atoms with van der Waals surface area (Å²) in [5, 5.41) is 0. The van der Waals surface area contributed by atoms with E-state index in [0.717, 1.165) is 13.2 Å². The van der Waals surface area contributed by atoms with Gasteiger partial charge < -0.3 is 9.47 Å². The second kappa shape index (κ2) is 6.38. The number of ketones is 1. The Bertz CT molecular complexity index is 759. The number of halogens is 7. The van der Waals surface area contributed by atoms with E-state index in [1.165, 1.54) is 18.2 Å². The Morgan fingerprint density at radius 2 is 1.70 bits per heavy atom. The third-order valence-electron chi connectivity index (χ3n) is 4.38. The molecule has 0 N–H and O–H groups in total. The number of alkyl halides is 7. The van der Waals surface area contributed by atoms with Crippen molar-refractivity contribution in [3.63, 3.8) is 0 Å². The molecule has 0 bridgehead atoms. The van der Waals surface area contributed by atoms with Crippen molar-refractivity contribution >= 4 is 11.8 Å². The molecule has 1 aromatic rings. The van der Waals surface area contributed by atoms with Gasteiger partial charge in [0, 0.05) is 0 Å². The second-order valence-corrected chi connectivity index (χ2v) is 6.06. The van der Waals surface area contributed by atoms with Crippen LogP contribution in [-0.4, -0.2) is 42.5 Å². The largest absolute Gasteiger partial charge is 0.496 e. The summed E-state index contributed by atoms with van der Waals surface area (Å²) < 4.78 is 102. The van der Waals surface area contributed by atoms with E-state index < -0.39 is 53.3 Å². The van der Waals surface area contributed by atoms with Crippen LogP contribution in [0.5, 0.6) is 5.75 Å². The van der Waals surface area contributed by atoms with Gasteiger partial charge in [0.25, 0.3) is 0 Å². The Kier molecular flexibility index (Phi) is 4.96. The van der Waals surface area contributed by atoms with Crippen LogP contribution in [0.3, 0.4) is 0 Å². The molecule has 2 rings (SSSR count). The molecule has 0 aromatic heterocycles. The predicted molar refractivity (Wildman–Crippen MR) is 75.9 cm³/mol. The summed E-state index contributed by atoms with van der Waals surface area (Å²) in [6.07, 6.45) is -8.09. The highest BCUT2D eigenvalue weighted by Gasteiger charge is 2.79. The van der Waals surface area contributed by atoms with Gasteiger partial charge in [-0.15, -0.1) is 0 Å². The molecule has 0 amide bonds. The molecule has 2 unspecified atom stereocenters. The van der Waals surface area contributed by atoms with Gasteiger partial charge in [0.05, 0.1) is 25.0 Å². The van der Waals surface area contributed by atoms with Gasteiger partial charge in [-0.25, -0.2) is 0 Å². The highest BCUT2D eigenvalue weighted by Crippen LogP contribution is 2.56. The van der Waals surface area contributed by atoms with E-state index in [2.05, 4.69) is 4.74 Å². The Morgan fingerprint density at radius 3 is 2.22 bits per heavy atom. The lowest BCUT2D eigenvalue weighted by atomic mass is 9.76. The fourth-order valence-corrected chi connectivity index (χ4v) is 2.90. The van der Waals surface area contributed by atoms with Crippen molar-refractivity contribution in [1.82, 2.24) is 0 Å². The van der Waals surface area contributed by atoms with Gasteiger partial charge >= 0.3 is 24.0 Å². The number of ether oxygens (including phenoxy) is 2. The van der Waals surface area contributed by atoms with Crippen LogP contribution in [0.4, 0.5) is 30.7 Å². The van der Waals surface area contributed by atoms with Gasteiger partial charge in [0.1, 0.15) is 5.75 Å². The van der Waals surface area contributed by atoms with Crippen LogP contribution >= 0.6 is 0 Å². The van der Waals surface area contributed by atoms with Crippen LogP contribution in [0.2, 0.25) is 0 Å². The van der Waals surface area contributed by atoms with Gasteiger partial charge in [0.15, 0.2) is 5.60 Å². The van der Waals surface area contributed by atoms with Crippen molar-refractivity contribution in [3.05, 3.63) is 29.8 Å². The zero-order valence-electron chi connectivity index (χ0n) is 13.9. The van der Waals surface area contributed by atoms with E-state index in [0.29, 0.717) is 6.92 Å². The maximum absolute atomic E-state index is 14.2. The molecular weight excluding hydrogens is 389 g/mol. The Labute approximate surface area is 148 Å². The van der Waals surface area contributed by atoms with Crippen LogP contribution in [0.25, 0.3) is 0 Å². The number of cyclic esters (lactones) is 1. The number of carbonyl (C=O) groups is 2. The average Bonchev–Trinajstić information content (AvgIpc) is 2.89. The normalized spacial score (nSPS) is 23.9. The Morgan fingerprint density at radius 1 is 1.15 bits per heavy atom. The zero-order valence-corrected chi connectivity index (χ0v) is 13.9. The van der Waals surface area contributed by atoms with Crippen LogP contribution in [0.1, 0.15) is 23.7 Å². The first kappa shape index (κ1) is 21.0. The molecule has 1 aliphatic heterocycles. The van der Waals surface area contributed by atoms with Crippen molar-refractivity contribution in [2.24, 2.45) is 5.92 Å². The highest BCUT2D eigenvalue weighted by molar-refractivity contribution is 6.06. The average molecular weight is 402 g/mol. The molecule has 11 heteroatoms. The summed E-state index contributed by atoms with van der Waals surface area (Å²) in [4.78, 5) is 24.2. The molecule has 1 saturated heterocycles. The molecule has 4 nitrogen and oxygen atoms in total. The fraction of sp³-hybridized carbons (Fsp3) is 0.500. The highest BCUT2D eigenvalue weighted by atomic mass is 19.4. The number of methoxy groups -OCH3 is 1. The molecule has 1 aromatic carbocycles. The lowest BCUT2D eigenvalue weighted by Crippen LogP contribution is -2.61. The minimum Gasteiger partial charge on any atom is -0.496 e. The lowest BCUT2D eigenvalue weighted by Gasteiger charge is -2.37. The minimum absolute atomic E-state index is 0.156. The number of carbonyl (C=O) groups excluding carboxylic acids is 2. The van der Waals surface area contributed by atoms with Gasteiger partial charge in [-0.3, -0.25) is 9.59 Å². The van der Waals surface area contributed by atoms with Crippen molar-refractivity contribution in [2.75, 3.05) is 7.11 Å². The summed E-state index contributed by atoms with van der Waals surface area (Å²) in [5.74, 6) is -18.4. The number of Topliss-reactive ketones (excluding diaryl/α,β-unsaturated/α-hetero) is 1. The Hall–Kier alpha value is -2.33. The summed E-state index contributed by atoms with van der Waals surface area (Å²) >= 11 is 0. The summed E-state index contributed by atoms with van der Waals surface area (Å²) in [5.41, 5.74) is -3.36. The number of esters is 1. The summed E-state index contributed by atoms with van der Waals surface area (Å²) in [6, 6.07) is 5.01. The predicted octanol–water partition coefficient (Wildman–Crippen LogP) is 4.03. The molecule has 27 heavy (non-hydrogen) atoms. The van der Waals surface area contributed by atoms with E-state index in [9.17, 15) is 40.3 Å². The quantitative estimate of drug-likeness (QED) is 0.424. The van der Waals surface area contributed by atoms with Gasteiger partial charge in [-0.1, -0.05) is 12.1 Å². The third-order valence-corrected chi connectivity index (χ3v) is 4.38. The monoisotopic (exact) mass is 402 g/mol. The SMILES string of the molecule is COc1ccccc1C(=O)C1(C)OC(=O)CC1C(F)(F)C(F)(F)C(F)(F)F. The summed E-state index contributed by atoms with van der Waals surface area (Å²) in [6.45, 7) is 0.581. The van der Waals surface area contributed by atoms with E-state index in [4.69, 9.17) is 4.74 Å². The van der Waals surface area contributed by atoms with Gasteiger partial charge in [-0.05, 0) is 19.1 Å². The number of rotatable bonds is 5. The van der Waals surface area contributed by atoms with Crippen LogP contribution in [0, 0.1) is 5.92 Å². The molecule has 0 radical (unpaired) electrons. The maximum atomic E-state index is 14.2. The first-order chi connectivity index (χ1) is 12.2. The Balaban J connectivity index is 2.57. The standard InChI is InChI=1S/C16H13F7O4/c1-13(12(25)8-5-3-4-6-9(8)26-2)10(7-11(24)27-13)14(17,18)15(19,20)16(21,22)23/h3-6,10H,7H2,1-2H3.